The molecule has 0 fully saturated rings. The summed E-state index contributed by atoms with van der Waals surface area (Å²) < 4.78 is 39.8. The van der Waals surface area contributed by atoms with Gasteiger partial charge in [-0.3, -0.25) is 4.74 Å². The number of alkyl halides is 2. The molecule has 0 aliphatic rings. The predicted octanol–water partition coefficient (Wildman–Crippen LogP) is 1.55. The minimum absolute atomic E-state index is 0.860. The number of halogens is 3. The summed E-state index contributed by atoms with van der Waals surface area (Å²) in [4.78, 5) is 9.99. The first kappa shape index (κ1) is 11.0. The first-order valence-electron chi connectivity index (χ1n) is 2.90. The van der Waals surface area contributed by atoms with Gasteiger partial charge in [0.05, 0.1) is 0 Å². The fraction of sp³-hybridized carbons (Fsp3) is 0.500. The van der Waals surface area contributed by atoms with Crippen LogP contribution in [0.3, 0.4) is 0 Å². The highest BCUT2D eigenvalue weighted by Gasteiger charge is 2.38. The van der Waals surface area contributed by atoms with Crippen molar-refractivity contribution in [3.63, 3.8) is 0 Å². The molecule has 3 nitrogen and oxygen atoms in total. The van der Waals surface area contributed by atoms with E-state index in [4.69, 9.17) is 5.11 Å². The Kier molecular flexibility index (Phi) is 3.26. The molecule has 1 N–H and O–H groups in total. The van der Waals surface area contributed by atoms with Crippen molar-refractivity contribution in [3.05, 3.63) is 12.4 Å². The van der Waals surface area contributed by atoms with Gasteiger partial charge in [-0.05, 0) is 6.92 Å². The summed E-state index contributed by atoms with van der Waals surface area (Å²) in [5, 5.41) is 8.12. The Labute approximate surface area is 66.4 Å². The summed E-state index contributed by atoms with van der Waals surface area (Å²) in [5.74, 6) is -3.62. The molecule has 0 spiro atoms. The lowest BCUT2D eigenvalue weighted by atomic mass is 10.4. The van der Waals surface area contributed by atoms with E-state index in [0.29, 0.717) is 0 Å². The van der Waals surface area contributed by atoms with Crippen LogP contribution in [0.4, 0.5) is 13.2 Å². The molecule has 0 bridgehead atoms. The summed E-state index contributed by atoms with van der Waals surface area (Å²) >= 11 is 0. The zero-order valence-electron chi connectivity index (χ0n) is 6.18. The van der Waals surface area contributed by atoms with Crippen molar-refractivity contribution >= 4 is 5.97 Å². The first-order chi connectivity index (χ1) is 5.27. The van der Waals surface area contributed by atoms with Gasteiger partial charge in [-0.25, -0.2) is 9.18 Å². The zero-order valence-corrected chi connectivity index (χ0v) is 6.18. The van der Waals surface area contributed by atoms with Crippen LogP contribution in [0.2, 0.25) is 0 Å². The number of rotatable bonds is 4. The summed E-state index contributed by atoms with van der Waals surface area (Å²) in [6, 6.07) is 0. The van der Waals surface area contributed by atoms with Crippen molar-refractivity contribution in [1.29, 1.82) is 0 Å². The largest absolute Gasteiger partial charge is 0.479 e. The van der Waals surface area contributed by atoms with Crippen molar-refractivity contribution in [2.45, 2.75) is 19.1 Å². The maximum Gasteiger partial charge on any atom is 0.409 e. The molecule has 0 saturated carbocycles. The Morgan fingerprint density at radius 2 is 2.08 bits per heavy atom. The van der Waals surface area contributed by atoms with Crippen molar-refractivity contribution in [2.24, 2.45) is 0 Å². The lowest BCUT2D eigenvalue weighted by Gasteiger charge is -2.16. The van der Waals surface area contributed by atoms with Gasteiger partial charge >= 0.3 is 12.1 Å². The highest BCUT2D eigenvalue weighted by molar-refractivity contribution is 5.71. The first-order valence-corrected chi connectivity index (χ1v) is 2.90. The van der Waals surface area contributed by atoms with Gasteiger partial charge in [0.1, 0.15) is 0 Å². The molecule has 6 heteroatoms. The lowest BCUT2D eigenvalue weighted by molar-refractivity contribution is -0.244. The molecular weight excluding hydrogens is 177 g/mol. The van der Waals surface area contributed by atoms with Gasteiger partial charge in [-0.1, -0.05) is 6.58 Å². The molecular formula is C6H7F3O3. The minimum atomic E-state index is -4.24. The predicted molar refractivity (Wildman–Crippen MR) is 33.4 cm³/mol. The maximum atomic E-state index is 12.2. The van der Waals surface area contributed by atoms with Gasteiger partial charge in [0, 0.05) is 0 Å². The molecule has 0 amide bonds. The molecule has 1 atom stereocenters. The fourth-order valence-electron chi connectivity index (χ4n) is 0.336. The van der Waals surface area contributed by atoms with E-state index in [-0.39, 0.29) is 0 Å². The summed E-state index contributed by atoms with van der Waals surface area (Å²) in [7, 11) is 0. The summed E-state index contributed by atoms with van der Waals surface area (Å²) in [6.07, 6.45) is -6.02. The highest BCUT2D eigenvalue weighted by atomic mass is 19.3. The van der Waals surface area contributed by atoms with Gasteiger partial charge in [-0.15, -0.1) is 0 Å². The molecule has 0 rings (SSSR count). The SMILES string of the molecule is C=C(F)C(F)(F)OC(C)C(=O)O. The number of carboxylic acid groups (broad SMARTS) is 1. The molecule has 0 aromatic heterocycles. The average Bonchev–Trinajstić information content (AvgIpc) is 1.85. The Balaban J connectivity index is 4.24. The molecule has 0 aromatic rings. The van der Waals surface area contributed by atoms with Crippen molar-refractivity contribution in [3.8, 4) is 0 Å². The molecule has 12 heavy (non-hydrogen) atoms. The molecule has 0 aliphatic carbocycles. The fourth-order valence-corrected chi connectivity index (χ4v) is 0.336. The summed E-state index contributed by atoms with van der Waals surface area (Å²) in [5.41, 5.74) is 0. The van der Waals surface area contributed by atoms with Gasteiger partial charge in [0.15, 0.2) is 11.9 Å². The van der Waals surface area contributed by atoms with Gasteiger partial charge < -0.3 is 5.11 Å². The van der Waals surface area contributed by atoms with Crippen LogP contribution in [-0.4, -0.2) is 23.3 Å². The number of hydrogen-bond acceptors (Lipinski definition) is 2. The Bertz CT molecular complexity index is 202. The van der Waals surface area contributed by atoms with Crippen molar-refractivity contribution in [2.75, 3.05) is 0 Å². The number of aliphatic carboxylic acids is 1. The van der Waals surface area contributed by atoms with E-state index >= 15 is 0 Å². The number of ether oxygens (including phenoxy) is 1. The van der Waals surface area contributed by atoms with Crippen LogP contribution in [0, 0.1) is 0 Å². The van der Waals surface area contributed by atoms with Crippen molar-refractivity contribution in [1.82, 2.24) is 0 Å². The van der Waals surface area contributed by atoms with E-state index < -0.39 is 24.0 Å². The number of hydrogen-bond donors (Lipinski definition) is 1. The number of carboxylic acids is 1. The second-order valence-electron chi connectivity index (χ2n) is 2.02. The van der Waals surface area contributed by atoms with Crippen LogP contribution in [0.5, 0.6) is 0 Å². The van der Waals surface area contributed by atoms with Crippen LogP contribution in [-0.2, 0) is 9.53 Å². The average molecular weight is 184 g/mol. The molecule has 0 radical (unpaired) electrons. The third kappa shape index (κ3) is 2.91. The molecule has 0 aromatic carbocycles. The Morgan fingerprint density at radius 3 is 2.33 bits per heavy atom. The van der Waals surface area contributed by atoms with E-state index in [1.807, 2.05) is 0 Å². The summed E-state index contributed by atoms with van der Waals surface area (Å²) in [6.45, 7) is 3.16. The smallest absolute Gasteiger partial charge is 0.409 e. The van der Waals surface area contributed by atoms with E-state index in [9.17, 15) is 18.0 Å². The van der Waals surface area contributed by atoms with E-state index in [2.05, 4.69) is 11.3 Å². The van der Waals surface area contributed by atoms with Gasteiger partial charge in [-0.2, -0.15) is 8.78 Å². The Hall–Kier alpha value is -1.04. The standard InChI is InChI=1S/C6H7F3O3/c1-3(5(10)11)12-6(8,9)4(2)7/h3H,2H2,1H3,(H,10,11). The Morgan fingerprint density at radius 1 is 1.67 bits per heavy atom. The second kappa shape index (κ2) is 3.57. The third-order valence-electron chi connectivity index (χ3n) is 0.988. The topological polar surface area (TPSA) is 46.5 Å². The van der Waals surface area contributed by atoms with Crippen LogP contribution in [0.1, 0.15) is 6.92 Å². The van der Waals surface area contributed by atoms with E-state index in [0.717, 1.165) is 6.92 Å². The molecule has 0 heterocycles. The van der Waals surface area contributed by atoms with Crippen LogP contribution in [0.25, 0.3) is 0 Å². The normalized spacial score (nSPS) is 14.0. The highest BCUT2D eigenvalue weighted by Crippen LogP contribution is 2.26. The van der Waals surface area contributed by atoms with Crippen LogP contribution in [0.15, 0.2) is 12.4 Å². The second-order valence-corrected chi connectivity index (χ2v) is 2.02. The van der Waals surface area contributed by atoms with E-state index in [1.165, 1.54) is 0 Å². The van der Waals surface area contributed by atoms with E-state index in [1.54, 1.807) is 0 Å². The van der Waals surface area contributed by atoms with Gasteiger partial charge in [0.2, 0.25) is 0 Å². The minimum Gasteiger partial charge on any atom is -0.479 e. The quantitative estimate of drug-likeness (QED) is 0.720. The monoisotopic (exact) mass is 184 g/mol. The zero-order chi connectivity index (χ0) is 9.94. The number of carbonyl (C=O) groups is 1. The molecule has 70 valence electrons. The maximum absolute atomic E-state index is 12.2. The molecule has 1 unspecified atom stereocenters. The third-order valence-corrected chi connectivity index (χ3v) is 0.988. The van der Waals surface area contributed by atoms with Crippen LogP contribution >= 0.6 is 0 Å². The van der Waals surface area contributed by atoms with Gasteiger partial charge in [0.25, 0.3) is 0 Å². The lowest BCUT2D eigenvalue weighted by Crippen LogP contribution is -2.31. The van der Waals surface area contributed by atoms with Crippen LogP contribution < -0.4 is 0 Å². The van der Waals surface area contributed by atoms with Crippen molar-refractivity contribution < 1.29 is 27.8 Å². The molecule has 0 aliphatic heterocycles. The molecule has 0 saturated heterocycles.